The Hall–Kier alpha value is -2.03. The van der Waals surface area contributed by atoms with Gasteiger partial charge in [0.1, 0.15) is 5.75 Å². The Morgan fingerprint density at radius 3 is 3.00 bits per heavy atom. The third-order valence-electron chi connectivity index (χ3n) is 3.42. The lowest BCUT2D eigenvalue weighted by Crippen LogP contribution is -2.09. The molecule has 2 aromatic carbocycles. The molecule has 1 aliphatic rings. The van der Waals surface area contributed by atoms with E-state index >= 15 is 0 Å². The number of fused-ring (bicyclic) bond motifs is 3. The summed E-state index contributed by atoms with van der Waals surface area (Å²) in [5.74, 6) is 0.797. The fourth-order valence-electron chi connectivity index (χ4n) is 2.54. The summed E-state index contributed by atoms with van der Waals surface area (Å²) in [6, 6.07) is 12.2. The Balaban J connectivity index is 2.08. The number of hydrogen-bond acceptors (Lipinski definition) is 3. The zero-order valence-electron chi connectivity index (χ0n) is 10.2. The lowest BCUT2D eigenvalue weighted by molar-refractivity contribution is -0.141. The van der Waals surface area contributed by atoms with Crippen LogP contribution in [-0.4, -0.2) is 19.7 Å². The van der Waals surface area contributed by atoms with E-state index in [0.29, 0.717) is 13.0 Å². The van der Waals surface area contributed by atoms with Crippen LogP contribution in [0.15, 0.2) is 36.4 Å². The summed E-state index contributed by atoms with van der Waals surface area (Å²) in [7, 11) is 1.42. The SMILES string of the molecule is COC(=O)CC1COc2ccc3ccccc3c21. The molecule has 0 bridgehead atoms. The average Bonchev–Trinajstić information content (AvgIpc) is 2.82. The van der Waals surface area contributed by atoms with Gasteiger partial charge in [0.05, 0.1) is 20.1 Å². The number of hydrogen-bond donors (Lipinski definition) is 0. The van der Waals surface area contributed by atoms with Crippen molar-refractivity contribution in [1.29, 1.82) is 0 Å². The number of rotatable bonds is 2. The van der Waals surface area contributed by atoms with Crippen molar-refractivity contribution in [3.05, 3.63) is 42.0 Å². The molecule has 1 atom stereocenters. The highest BCUT2D eigenvalue weighted by molar-refractivity contribution is 5.89. The lowest BCUT2D eigenvalue weighted by atomic mass is 9.92. The summed E-state index contributed by atoms with van der Waals surface area (Å²) in [6.07, 6.45) is 0.373. The van der Waals surface area contributed by atoms with E-state index < -0.39 is 0 Å². The van der Waals surface area contributed by atoms with Gasteiger partial charge in [-0.05, 0) is 16.8 Å². The molecule has 0 aliphatic carbocycles. The summed E-state index contributed by atoms with van der Waals surface area (Å²) >= 11 is 0. The molecule has 3 nitrogen and oxygen atoms in total. The molecule has 0 spiro atoms. The minimum absolute atomic E-state index is 0.0959. The van der Waals surface area contributed by atoms with Gasteiger partial charge in [0.2, 0.25) is 0 Å². The highest BCUT2D eigenvalue weighted by atomic mass is 16.5. The number of methoxy groups -OCH3 is 1. The van der Waals surface area contributed by atoms with Gasteiger partial charge < -0.3 is 9.47 Å². The van der Waals surface area contributed by atoms with Gasteiger partial charge in [-0.15, -0.1) is 0 Å². The van der Waals surface area contributed by atoms with E-state index in [1.54, 1.807) is 0 Å². The molecule has 3 heteroatoms. The summed E-state index contributed by atoms with van der Waals surface area (Å²) in [4.78, 5) is 11.4. The maximum absolute atomic E-state index is 11.4. The van der Waals surface area contributed by atoms with E-state index in [-0.39, 0.29) is 11.9 Å². The van der Waals surface area contributed by atoms with Crippen LogP contribution in [0.1, 0.15) is 17.9 Å². The molecule has 3 rings (SSSR count). The second-order valence-corrected chi connectivity index (χ2v) is 4.49. The fourth-order valence-corrected chi connectivity index (χ4v) is 2.54. The Labute approximate surface area is 105 Å². The van der Waals surface area contributed by atoms with E-state index in [1.165, 1.54) is 17.9 Å². The molecule has 18 heavy (non-hydrogen) atoms. The number of carbonyl (C=O) groups is 1. The van der Waals surface area contributed by atoms with Crippen LogP contribution < -0.4 is 4.74 Å². The molecule has 1 unspecified atom stereocenters. The van der Waals surface area contributed by atoms with Crippen molar-refractivity contribution in [3.8, 4) is 5.75 Å². The smallest absolute Gasteiger partial charge is 0.306 e. The van der Waals surface area contributed by atoms with E-state index in [1.807, 2.05) is 18.2 Å². The van der Waals surface area contributed by atoms with Gasteiger partial charge in [-0.1, -0.05) is 30.3 Å². The largest absolute Gasteiger partial charge is 0.493 e. The second-order valence-electron chi connectivity index (χ2n) is 4.49. The zero-order chi connectivity index (χ0) is 12.5. The zero-order valence-corrected chi connectivity index (χ0v) is 10.2. The standard InChI is InChI=1S/C15H14O3/c1-17-14(16)8-11-9-18-13-7-6-10-4-2-3-5-12(10)15(11)13/h2-7,11H,8-9H2,1H3. The van der Waals surface area contributed by atoms with Crippen molar-refractivity contribution in [1.82, 2.24) is 0 Å². The van der Waals surface area contributed by atoms with Crippen LogP contribution in [0.5, 0.6) is 5.75 Å². The maximum Gasteiger partial charge on any atom is 0.306 e. The first kappa shape index (κ1) is 11.1. The van der Waals surface area contributed by atoms with E-state index in [4.69, 9.17) is 9.47 Å². The van der Waals surface area contributed by atoms with Crippen LogP contribution in [0.2, 0.25) is 0 Å². The van der Waals surface area contributed by atoms with Crippen molar-refractivity contribution < 1.29 is 14.3 Å². The summed E-state index contributed by atoms with van der Waals surface area (Å²) in [5.41, 5.74) is 1.14. The van der Waals surface area contributed by atoms with Crippen molar-refractivity contribution in [2.45, 2.75) is 12.3 Å². The van der Waals surface area contributed by atoms with Crippen molar-refractivity contribution in [2.75, 3.05) is 13.7 Å². The predicted molar refractivity (Wildman–Crippen MR) is 68.8 cm³/mol. The minimum Gasteiger partial charge on any atom is -0.493 e. The van der Waals surface area contributed by atoms with Gasteiger partial charge in [-0.25, -0.2) is 0 Å². The summed E-state index contributed by atoms with van der Waals surface area (Å²) in [6.45, 7) is 0.554. The molecule has 0 fully saturated rings. The normalized spacial score (nSPS) is 17.3. The fraction of sp³-hybridized carbons (Fsp3) is 0.267. The number of benzene rings is 2. The number of ether oxygens (including phenoxy) is 2. The molecular weight excluding hydrogens is 228 g/mol. The third kappa shape index (κ3) is 1.72. The van der Waals surface area contributed by atoms with E-state index in [9.17, 15) is 4.79 Å². The van der Waals surface area contributed by atoms with Gasteiger partial charge in [-0.3, -0.25) is 4.79 Å². The van der Waals surface area contributed by atoms with Gasteiger partial charge in [0.25, 0.3) is 0 Å². The lowest BCUT2D eigenvalue weighted by Gasteiger charge is -2.09. The highest BCUT2D eigenvalue weighted by Gasteiger charge is 2.28. The molecule has 92 valence electrons. The topological polar surface area (TPSA) is 35.5 Å². The number of esters is 1. The number of carbonyl (C=O) groups excluding carboxylic acids is 1. The first-order chi connectivity index (χ1) is 8.79. The molecular formula is C15H14O3. The van der Waals surface area contributed by atoms with Gasteiger partial charge in [0.15, 0.2) is 0 Å². The van der Waals surface area contributed by atoms with Gasteiger partial charge in [-0.2, -0.15) is 0 Å². The van der Waals surface area contributed by atoms with Crippen molar-refractivity contribution in [3.63, 3.8) is 0 Å². The minimum atomic E-state index is -0.190. The van der Waals surface area contributed by atoms with Gasteiger partial charge in [0, 0.05) is 11.5 Å². The third-order valence-corrected chi connectivity index (χ3v) is 3.42. The quantitative estimate of drug-likeness (QED) is 0.760. The molecule has 0 saturated carbocycles. The van der Waals surface area contributed by atoms with Crippen LogP contribution >= 0.6 is 0 Å². The van der Waals surface area contributed by atoms with Crippen LogP contribution in [-0.2, 0) is 9.53 Å². The van der Waals surface area contributed by atoms with Crippen LogP contribution in [0.3, 0.4) is 0 Å². The van der Waals surface area contributed by atoms with Crippen molar-refractivity contribution in [2.24, 2.45) is 0 Å². The molecule has 0 radical (unpaired) electrons. The average molecular weight is 242 g/mol. The first-order valence-corrected chi connectivity index (χ1v) is 6.01. The summed E-state index contributed by atoms with van der Waals surface area (Å²) < 4.78 is 10.4. The van der Waals surface area contributed by atoms with Crippen LogP contribution in [0.4, 0.5) is 0 Å². The van der Waals surface area contributed by atoms with E-state index in [0.717, 1.165) is 11.3 Å². The molecule has 1 heterocycles. The monoisotopic (exact) mass is 242 g/mol. The Kier molecular flexibility index (Phi) is 2.67. The molecule has 2 aromatic rings. The maximum atomic E-state index is 11.4. The molecule has 0 saturated heterocycles. The van der Waals surface area contributed by atoms with Crippen LogP contribution in [0.25, 0.3) is 10.8 Å². The molecule has 0 N–H and O–H groups in total. The van der Waals surface area contributed by atoms with Gasteiger partial charge >= 0.3 is 5.97 Å². The summed E-state index contributed by atoms with van der Waals surface area (Å²) in [5, 5.41) is 2.35. The molecule has 0 amide bonds. The predicted octanol–water partition coefficient (Wildman–Crippen LogP) is 2.88. The second kappa shape index (κ2) is 4.33. The highest BCUT2D eigenvalue weighted by Crippen LogP contribution is 2.40. The Morgan fingerprint density at radius 1 is 1.33 bits per heavy atom. The van der Waals surface area contributed by atoms with E-state index in [2.05, 4.69) is 18.2 Å². The van der Waals surface area contributed by atoms with Crippen LogP contribution in [0, 0.1) is 0 Å². The molecule has 1 aliphatic heterocycles. The Bertz CT molecular complexity index is 604. The molecule has 0 aromatic heterocycles. The Morgan fingerprint density at radius 2 is 2.17 bits per heavy atom. The first-order valence-electron chi connectivity index (χ1n) is 6.01. The van der Waals surface area contributed by atoms with Crippen molar-refractivity contribution >= 4 is 16.7 Å².